The fourth-order valence-electron chi connectivity index (χ4n) is 1.90. The van der Waals surface area contributed by atoms with Gasteiger partial charge in [-0.25, -0.2) is 4.79 Å². The molecular formula is C13H9ClN2OS. The zero-order valence-electron chi connectivity index (χ0n) is 9.55. The largest absolute Gasteiger partial charge is 0.348 e. The zero-order valence-corrected chi connectivity index (χ0v) is 11.1. The van der Waals surface area contributed by atoms with Crippen LogP contribution in [0.5, 0.6) is 0 Å². The molecule has 18 heavy (non-hydrogen) atoms. The van der Waals surface area contributed by atoms with Gasteiger partial charge in [0.15, 0.2) is 0 Å². The lowest BCUT2D eigenvalue weighted by Crippen LogP contribution is -2.20. The van der Waals surface area contributed by atoms with Crippen molar-refractivity contribution >= 4 is 33.2 Å². The van der Waals surface area contributed by atoms with E-state index in [1.54, 1.807) is 7.05 Å². The van der Waals surface area contributed by atoms with E-state index in [1.807, 2.05) is 36.4 Å². The van der Waals surface area contributed by atoms with Gasteiger partial charge in [-0.3, -0.25) is 4.57 Å². The van der Waals surface area contributed by atoms with Gasteiger partial charge in [-0.15, -0.1) is 11.3 Å². The number of halogens is 1. The lowest BCUT2D eigenvalue weighted by molar-refractivity contribution is 0.862. The summed E-state index contributed by atoms with van der Waals surface area (Å²) in [5, 5.41) is 0.915. The van der Waals surface area contributed by atoms with Gasteiger partial charge in [-0.05, 0) is 6.07 Å². The molecule has 0 bridgehead atoms. The number of fused-ring (bicyclic) bond motifs is 1. The predicted octanol–water partition coefficient (Wildman–Crippen LogP) is 3.32. The summed E-state index contributed by atoms with van der Waals surface area (Å²) in [6, 6.07) is 11.5. The van der Waals surface area contributed by atoms with Crippen LogP contribution in [0.4, 0.5) is 0 Å². The number of nitrogens with zero attached hydrogens (tertiary/aromatic N) is 2. The monoisotopic (exact) mass is 276 g/mol. The van der Waals surface area contributed by atoms with Crippen molar-refractivity contribution in [3.05, 3.63) is 51.2 Å². The van der Waals surface area contributed by atoms with E-state index in [0.29, 0.717) is 10.0 Å². The first-order valence-corrected chi connectivity index (χ1v) is 6.58. The van der Waals surface area contributed by atoms with Gasteiger partial charge in [0.2, 0.25) is 0 Å². The molecular weight excluding hydrogens is 268 g/mol. The van der Waals surface area contributed by atoms with Gasteiger partial charge in [0, 0.05) is 18.0 Å². The molecule has 90 valence electrons. The predicted molar refractivity (Wildman–Crippen MR) is 75.3 cm³/mol. The second kappa shape index (κ2) is 4.23. The molecule has 0 aliphatic rings. The fourth-order valence-corrected chi connectivity index (χ4v) is 3.08. The number of hydrogen-bond donors (Lipinski definition) is 0. The molecule has 0 saturated carbocycles. The van der Waals surface area contributed by atoms with Crippen LogP contribution >= 0.6 is 22.9 Å². The molecule has 3 aromatic rings. The minimum atomic E-state index is -0.264. The Kier molecular flexibility index (Phi) is 2.69. The first kappa shape index (κ1) is 11.4. The summed E-state index contributed by atoms with van der Waals surface area (Å²) in [7, 11) is 1.71. The Bertz CT molecular complexity index is 777. The third-order valence-electron chi connectivity index (χ3n) is 2.78. The molecule has 3 rings (SSSR count). The van der Waals surface area contributed by atoms with Crippen LogP contribution in [0.1, 0.15) is 0 Å². The van der Waals surface area contributed by atoms with Crippen molar-refractivity contribution in [2.45, 2.75) is 0 Å². The second-order valence-corrected chi connectivity index (χ2v) is 5.60. The van der Waals surface area contributed by atoms with Crippen molar-refractivity contribution in [3.63, 3.8) is 0 Å². The SMILES string of the molecule is Cn1c(=O)nc(-c2ccccc2)c2cc(Cl)sc21. The molecule has 0 amide bonds. The van der Waals surface area contributed by atoms with E-state index in [0.717, 1.165) is 15.8 Å². The minimum absolute atomic E-state index is 0.264. The van der Waals surface area contributed by atoms with E-state index in [2.05, 4.69) is 4.98 Å². The number of benzene rings is 1. The number of aromatic nitrogens is 2. The molecule has 0 fully saturated rings. The van der Waals surface area contributed by atoms with Gasteiger partial charge >= 0.3 is 5.69 Å². The molecule has 0 aliphatic heterocycles. The Balaban J connectivity index is 2.43. The molecule has 0 unspecified atom stereocenters. The highest BCUT2D eigenvalue weighted by Crippen LogP contribution is 2.33. The van der Waals surface area contributed by atoms with Gasteiger partial charge in [-0.2, -0.15) is 4.98 Å². The Hall–Kier alpha value is -1.65. The van der Waals surface area contributed by atoms with Crippen molar-refractivity contribution in [1.82, 2.24) is 9.55 Å². The topological polar surface area (TPSA) is 34.9 Å². The van der Waals surface area contributed by atoms with Gasteiger partial charge in [0.25, 0.3) is 0 Å². The van der Waals surface area contributed by atoms with Crippen LogP contribution in [-0.2, 0) is 7.05 Å². The van der Waals surface area contributed by atoms with Crippen LogP contribution in [-0.4, -0.2) is 9.55 Å². The lowest BCUT2D eigenvalue weighted by atomic mass is 10.1. The summed E-state index contributed by atoms with van der Waals surface area (Å²) < 4.78 is 2.18. The summed E-state index contributed by atoms with van der Waals surface area (Å²) in [5.41, 5.74) is 1.35. The van der Waals surface area contributed by atoms with Crippen LogP contribution in [0.15, 0.2) is 41.2 Å². The van der Waals surface area contributed by atoms with Crippen LogP contribution in [0.25, 0.3) is 21.5 Å². The fraction of sp³-hybridized carbons (Fsp3) is 0.0769. The molecule has 0 N–H and O–H groups in total. The Morgan fingerprint density at radius 3 is 2.72 bits per heavy atom. The van der Waals surface area contributed by atoms with E-state index in [1.165, 1.54) is 15.9 Å². The third kappa shape index (κ3) is 1.74. The Morgan fingerprint density at radius 1 is 1.28 bits per heavy atom. The van der Waals surface area contributed by atoms with Crippen LogP contribution in [0, 0.1) is 0 Å². The molecule has 0 atom stereocenters. The minimum Gasteiger partial charge on any atom is -0.286 e. The van der Waals surface area contributed by atoms with E-state index >= 15 is 0 Å². The highest BCUT2D eigenvalue weighted by molar-refractivity contribution is 7.22. The Labute approximate surface area is 112 Å². The van der Waals surface area contributed by atoms with Gasteiger partial charge in [0.05, 0.1) is 10.0 Å². The highest BCUT2D eigenvalue weighted by atomic mass is 35.5. The van der Waals surface area contributed by atoms with Crippen molar-refractivity contribution in [2.24, 2.45) is 7.05 Å². The van der Waals surface area contributed by atoms with E-state index < -0.39 is 0 Å². The summed E-state index contributed by atoms with van der Waals surface area (Å²) >= 11 is 7.43. The number of thiophene rings is 1. The summed E-state index contributed by atoms with van der Waals surface area (Å²) in [5.74, 6) is 0. The average Bonchev–Trinajstić information content (AvgIpc) is 2.77. The van der Waals surface area contributed by atoms with Crippen molar-refractivity contribution in [1.29, 1.82) is 0 Å². The second-order valence-electron chi connectivity index (χ2n) is 3.94. The number of rotatable bonds is 1. The van der Waals surface area contributed by atoms with Gasteiger partial charge < -0.3 is 0 Å². The third-order valence-corrected chi connectivity index (χ3v) is 4.12. The van der Waals surface area contributed by atoms with Crippen molar-refractivity contribution < 1.29 is 0 Å². The maximum Gasteiger partial charge on any atom is 0.348 e. The number of aryl methyl sites for hydroxylation is 1. The van der Waals surface area contributed by atoms with Gasteiger partial charge in [0.1, 0.15) is 4.83 Å². The Morgan fingerprint density at radius 2 is 2.00 bits per heavy atom. The van der Waals surface area contributed by atoms with Crippen LogP contribution in [0.2, 0.25) is 4.34 Å². The summed E-state index contributed by atoms with van der Waals surface area (Å²) in [4.78, 5) is 16.8. The molecule has 2 aromatic heterocycles. The summed E-state index contributed by atoms with van der Waals surface area (Å²) in [6.45, 7) is 0. The molecule has 0 aliphatic carbocycles. The molecule has 5 heteroatoms. The normalized spacial score (nSPS) is 11.0. The highest BCUT2D eigenvalue weighted by Gasteiger charge is 2.12. The quantitative estimate of drug-likeness (QED) is 0.683. The standard InChI is InChI=1S/C13H9ClN2OS/c1-16-12-9(7-10(14)18-12)11(15-13(16)17)8-5-3-2-4-6-8/h2-7H,1H3. The molecule has 0 radical (unpaired) electrons. The van der Waals surface area contributed by atoms with Crippen molar-refractivity contribution in [3.8, 4) is 11.3 Å². The molecule has 0 spiro atoms. The first-order valence-electron chi connectivity index (χ1n) is 5.38. The van der Waals surface area contributed by atoms with E-state index in [-0.39, 0.29) is 5.69 Å². The number of hydrogen-bond acceptors (Lipinski definition) is 3. The lowest BCUT2D eigenvalue weighted by Gasteiger charge is -2.04. The average molecular weight is 277 g/mol. The molecule has 2 heterocycles. The van der Waals surface area contributed by atoms with Gasteiger partial charge in [-0.1, -0.05) is 41.9 Å². The van der Waals surface area contributed by atoms with Crippen LogP contribution < -0.4 is 5.69 Å². The van der Waals surface area contributed by atoms with E-state index in [4.69, 9.17) is 11.6 Å². The molecule has 3 nitrogen and oxygen atoms in total. The first-order chi connectivity index (χ1) is 8.66. The molecule has 0 saturated heterocycles. The van der Waals surface area contributed by atoms with E-state index in [9.17, 15) is 4.79 Å². The zero-order chi connectivity index (χ0) is 12.7. The van der Waals surface area contributed by atoms with Crippen LogP contribution in [0.3, 0.4) is 0 Å². The maximum atomic E-state index is 11.9. The summed E-state index contributed by atoms with van der Waals surface area (Å²) in [6.07, 6.45) is 0. The van der Waals surface area contributed by atoms with Crippen molar-refractivity contribution in [2.75, 3.05) is 0 Å². The smallest absolute Gasteiger partial charge is 0.286 e. The molecule has 1 aromatic carbocycles. The maximum absolute atomic E-state index is 11.9.